The van der Waals surface area contributed by atoms with Gasteiger partial charge < -0.3 is 10.1 Å². The number of benzene rings is 2. The van der Waals surface area contributed by atoms with Crippen molar-refractivity contribution in [2.75, 3.05) is 12.4 Å². The van der Waals surface area contributed by atoms with Gasteiger partial charge in [-0.2, -0.15) is 0 Å². The van der Waals surface area contributed by atoms with Crippen molar-refractivity contribution in [1.29, 1.82) is 0 Å². The van der Waals surface area contributed by atoms with Crippen molar-refractivity contribution in [1.82, 2.24) is 9.88 Å². The zero-order valence-electron chi connectivity index (χ0n) is 17.6. The molecule has 160 valence electrons. The van der Waals surface area contributed by atoms with E-state index < -0.39 is 0 Å². The lowest BCUT2D eigenvalue weighted by Crippen LogP contribution is -2.45. The van der Waals surface area contributed by atoms with Gasteiger partial charge in [0, 0.05) is 24.2 Å². The molecule has 1 unspecified atom stereocenters. The van der Waals surface area contributed by atoms with Crippen LogP contribution in [-0.4, -0.2) is 34.9 Å². The summed E-state index contributed by atoms with van der Waals surface area (Å²) in [6.45, 7) is 3.20. The average Bonchev–Trinajstić information content (AvgIpc) is 3.20. The maximum atomic E-state index is 12.4. The third kappa shape index (κ3) is 5.18. The van der Waals surface area contributed by atoms with Crippen LogP contribution < -0.4 is 5.32 Å². The molecular formula is C24H25N3O3S. The Labute approximate surface area is 185 Å². The van der Waals surface area contributed by atoms with Crippen LogP contribution in [0.5, 0.6) is 0 Å². The zero-order chi connectivity index (χ0) is 21.8. The van der Waals surface area contributed by atoms with E-state index in [4.69, 9.17) is 4.74 Å². The number of carbonyl (C=O) groups is 2. The largest absolute Gasteiger partial charge is 0.468 e. The minimum absolute atomic E-state index is 0.0934. The first-order valence-corrected chi connectivity index (χ1v) is 11.1. The number of rotatable bonds is 6. The number of nitrogens with one attached hydrogen (secondary N) is 1. The predicted molar refractivity (Wildman–Crippen MR) is 121 cm³/mol. The number of amides is 1. The Kier molecular flexibility index (Phi) is 6.44. The summed E-state index contributed by atoms with van der Waals surface area (Å²) in [4.78, 5) is 31.5. The van der Waals surface area contributed by atoms with Gasteiger partial charge >= 0.3 is 5.97 Å². The van der Waals surface area contributed by atoms with Crippen LogP contribution in [0.4, 0.5) is 5.69 Å². The number of fused-ring (bicyclic) bond motifs is 1. The van der Waals surface area contributed by atoms with Gasteiger partial charge in [-0.3, -0.25) is 14.5 Å². The number of methoxy groups -OCH3 is 1. The quantitative estimate of drug-likeness (QED) is 0.598. The summed E-state index contributed by atoms with van der Waals surface area (Å²) in [6.07, 6.45) is 0.848. The van der Waals surface area contributed by atoms with Gasteiger partial charge in [-0.1, -0.05) is 42.0 Å². The van der Waals surface area contributed by atoms with Crippen molar-refractivity contribution in [2.45, 2.75) is 38.9 Å². The SMILES string of the molecule is COC(=O)C1Cc2ccccc2CN1Cc1csc(CC(=O)Nc2ccc(C)cc2)n1. The Balaban J connectivity index is 1.41. The summed E-state index contributed by atoms with van der Waals surface area (Å²) in [5.41, 5.74) is 5.18. The number of aryl methyl sites for hydroxylation is 1. The van der Waals surface area contributed by atoms with E-state index in [1.807, 2.05) is 48.7 Å². The van der Waals surface area contributed by atoms with Crippen LogP contribution in [0.25, 0.3) is 0 Å². The highest BCUT2D eigenvalue weighted by Crippen LogP contribution is 2.26. The molecule has 1 aliphatic heterocycles. The molecule has 1 aliphatic rings. The number of ether oxygens (including phenoxy) is 1. The molecule has 2 aromatic carbocycles. The molecule has 0 radical (unpaired) electrons. The smallest absolute Gasteiger partial charge is 0.323 e. The molecular weight excluding hydrogens is 410 g/mol. The Hall–Kier alpha value is -3.03. The Morgan fingerprint density at radius 2 is 1.90 bits per heavy atom. The molecule has 31 heavy (non-hydrogen) atoms. The molecule has 6 nitrogen and oxygen atoms in total. The molecule has 0 aliphatic carbocycles. The molecule has 4 rings (SSSR count). The number of carbonyl (C=O) groups excluding carboxylic acids is 2. The number of thiazole rings is 1. The van der Waals surface area contributed by atoms with E-state index in [1.54, 1.807) is 0 Å². The molecule has 0 spiro atoms. The van der Waals surface area contributed by atoms with Crippen molar-refractivity contribution < 1.29 is 14.3 Å². The van der Waals surface area contributed by atoms with Crippen LogP contribution in [0, 0.1) is 6.92 Å². The summed E-state index contributed by atoms with van der Waals surface area (Å²) in [6, 6.07) is 15.5. The second-order valence-electron chi connectivity index (χ2n) is 7.74. The lowest BCUT2D eigenvalue weighted by atomic mass is 9.94. The molecule has 3 aromatic rings. The summed E-state index contributed by atoms with van der Waals surface area (Å²) in [5.74, 6) is -0.327. The van der Waals surface area contributed by atoms with Crippen LogP contribution in [-0.2, 0) is 40.3 Å². The molecule has 0 bridgehead atoms. The number of esters is 1. The Morgan fingerprint density at radius 3 is 2.65 bits per heavy atom. The number of nitrogens with zero attached hydrogens (tertiary/aromatic N) is 2. The number of hydrogen-bond donors (Lipinski definition) is 1. The highest BCUT2D eigenvalue weighted by atomic mass is 32.1. The second kappa shape index (κ2) is 9.41. The van der Waals surface area contributed by atoms with Crippen molar-refractivity contribution in [3.05, 3.63) is 81.3 Å². The van der Waals surface area contributed by atoms with E-state index in [1.165, 1.54) is 29.6 Å². The topological polar surface area (TPSA) is 71.5 Å². The first kappa shape index (κ1) is 21.2. The van der Waals surface area contributed by atoms with Gasteiger partial charge in [-0.15, -0.1) is 11.3 Å². The molecule has 1 atom stereocenters. The Bertz CT molecular complexity index is 1080. The first-order valence-electron chi connectivity index (χ1n) is 10.2. The third-order valence-corrected chi connectivity index (χ3v) is 6.33. The molecule has 0 saturated heterocycles. The fourth-order valence-corrected chi connectivity index (χ4v) is 4.59. The molecule has 2 heterocycles. The van der Waals surface area contributed by atoms with Crippen LogP contribution in [0.1, 0.15) is 27.4 Å². The maximum Gasteiger partial charge on any atom is 0.323 e. The summed E-state index contributed by atoms with van der Waals surface area (Å²) in [5, 5.41) is 5.62. The molecule has 1 amide bonds. The average molecular weight is 436 g/mol. The van der Waals surface area contributed by atoms with Gasteiger partial charge in [-0.25, -0.2) is 4.98 Å². The minimum atomic E-state index is -0.338. The van der Waals surface area contributed by atoms with E-state index in [-0.39, 0.29) is 24.3 Å². The normalized spacial score (nSPS) is 15.9. The fourth-order valence-electron chi connectivity index (χ4n) is 3.80. The van der Waals surface area contributed by atoms with Crippen molar-refractivity contribution in [3.63, 3.8) is 0 Å². The molecule has 7 heteroatoms. The Morgan fingerprint density at radius 1 is 1.16 bits per heavy atom. The monoisotopic (exact) mass is 435 g/mol. The molecule has 0 saturated carbocycles. The lowest BCUT2D eigenvalue weighted by molar-refractivity contribution is -0.148. The first-order chi connectivity index (χ1) is 15.0. The van der Waals surface area contributed by atoms with Crippen LogP contribution in [0.2, 0.25) is 0 Å². The van der Waals surface area contributed by atoms with Gasteiger partial charge in [0.25, 0.3) is 0 Å². The predicted octanol–water partition coefficient (Wildman–Crippen LogP) is 3.73. The summed E-state index contributed by atoms with van der Waals surface area (Å²) >= 11 is 1.47. The summed E-state index contributed by atoms with van der Waals surface area (Å²) < 4.78 is 5.04. The highest BCUT2D eigenvalue weighted by Gasteiger charge is 2.32. The van der Waals surface area contributed by atoms with Crippen molar-refractivity contribution in [3.8, 4) is 0 Å². The van der Waals surface area contributed by atoms with Crippen molar-refractivity contribution >= 4 is 28.9 Å². The van der Waals surface area contributed by atoms with Gasteiger partial charge in [-0.05, 0) is 36.6 Å². The van der Waals surface area contributed by atoms with Gasteiger partial charge in [0.1, 0.15) is 11.0 Å². The fraction of sp³-hybridized carbons (Fsp3) is 0.292. The zero-order valence-corrected chi connectivity index (χ0v) is 18.4. The molecule has 1 N–H and O–H groups in total. The van der Waals surface area contributed by atoms with Crippen LogP contribution in [0.15, 0.2) is 53.9 Å². The van der Waals surface area contributed by atoms with Crippen LogP contribution >= 0.6 is 11.3 Å². The standard InChI is InChI=1S/C24H25N3O3S/c1-16-7-9-19(10-8-16)25-22(28)12-23-26-20(15-31-23)14-27-13-18-6-4-3-5-17(18)11-21(27)24(29)30-2/h3-10,15,21H,11-14H2,1-2H3,(H,25,28). The number of aromatic nitrogens is 1. The summed E-state index contributed by atoms with van der Waals surface area (Å²) in [7, 11) is 1.43. The van der Waals surface area contributed by atoms with E-state index in [9.17, 15) is 9.59 Å². The second-order valence-corrected chi connectivity index (χ2v) is 8.68. The lowest BCUT2D eigenvalue weighted by Gasteiger charge is -2.34. The van der Waals surface area contributed by atoms with Gasteiger partial charge in [0.2, 0.25) is 5.91 Å². The maximum absolute atomic E-state index is 12.4. The van der Waals surface area contributed by atoms with E-state index in [0.717, 1.165) is 22.0 Å². The van der Waals surface area contributed by atoms with E-state index >= 15 is 0 Å². The van der Waals surface area contributed by atoms with E-state index in [0.29, 0.717) is 19.5 Å². The van der Waals surface area contributed by atoms with Crippen LogP contribution in [0.3, 0.4) is 0 Å². The van der Waals surface area contributed by atoms with Gasteiger partial charge in [0.05, 0.1) is 19.2 Å². The van der Waals surface area contributed by atoms with Crippen molar-refractivity contribution in [2.24, 2.45) is 0 Å². The number of hydrogen-bond acceptors (Lipinski definition) is 6. The highest BCUT2D eigenvalue weighted by molar-refractivity contribution is 7.09. The van der Waals surface area contributed by atoms with Gasteiger partial charge in [0.15, 0.2) is 0 Å². The van der Waals surface area contributed by atoms with E-state index in [2.05, 4.69) is 27.3 Å². The minimum Gasteiger partial charge on any atom is -0.468 e. The molecule has 0 fully saturated rings. The molecule has 1 aromatic heterocycles. The third-order valence-electron chi connectivity index (χ3n) is 5.43. The number of anilines is 1.